The van der Waals surface area contributed by atoms with Gasteiger partial charge in [0, 0.05) is 11.6 Å². The quantitative estimate of drug-likeness (QED) is 0.732. The van der Waals surface area contributed by atoms with Gasteiger partial charge in [-0.1, -0.05) is 23.7 Å². The third-order valence-corrected chi connectivity index (χ3v) is 2.49. The molecule has 0 aromatic heterocycles. The lowest BCUT2D eigenvalue weighted by Gasteiger charge is -2.14. The highest BCUT2D eigenvalue weighted by atomic mass is 35.5. The first kappa shape index (κ1) is 13.0. The number of halogens is 1. The number of hydrogen-bond acceptors (Lipinski definition) is 3. The Morgan fingerprint density at radius 1 is 1.44 bits per heavy atom. The standard InChI is InChI=1S/C11H14ClNO3/c1-7(11(15)16)13-6-10(14)8-2-4-9(12)5-3-8/h2-5,7,10,13-14H,6H2,1H3,(H,15,16). The Bertz CT molecular complexity index is 353. The van der Waals surface area contributed by atoms with Crippen LogP contribution in [0.25, 0.3) is 0 Å². The predicted molar refractivity (Wildman–Crippen MR) is 61.5 cm³/mol. The normalized spacial score (nSPS) is 14.4. The van der Waals surface area contributed by atoms with Crippen LogP contribution in [-0.2, 0) is 4.79 Å². The third-order valence-electron chi connectivity index (χ3n) is 2.24. The summed E-state index contributed by atoms with van der Waals surface area (Å²) in [6, 6.07) is 6.10. The number of aliphatic hydroxyl groups is 1. The van der Waals surface area contributed by atoms with E-state index in [4.69, 9.17) is 16.7 Å². The molecule has 2 atom stereocenters. The van der Waals surface area contributed by atoms with Crippen molar-refractivity contribution in [2.75, 3.05) is 6.54 Å². The van der Waals surface area contributed by atoms with Crippen molar-refractivity contribution >= 4 is 17.6 Å². The van der Waals surface area contributed by atoms with Crippen molar-refractivity contribution < 1.29 is 15.0 Å². The molecular formula is C11H14ClNO3. The van der Waals surface area contributed by atoms with E-state index in [0.717, 1.165) is 0 Å². The molecule has 0 aliphatic heterocycles. The van der Waals surface area contributed by atoms with E-state index in [2.05, 4.69) is 5.32 Å². The van der Waals surface area contributed by atoms with Gasteiger partial charge in [-0.3, -0.25) is 4.79 Å². The van der Waals surface area contributed by atoms with Gasteiger partial charge in [0.2, 0.25) is 0 Å². The molecule has 2 unspecified atom stereocenters. The molecule has 0 amide bonds. The molecule has 4 nitrogen and oxygen atoms in total. The summed E-state index contributed by atoms with van der Waals surface area (Å²) in [5, 5.41) is 21.7. The van der Waals surface area contributed by atoms with E-state index in [-0.39, 0.29) is 6.54 Å². The van der Waals surface area contributed by atoms with Crippen molar-refractivity contribution in [2.45, 2.75) is 19.1 Å². The minimum Gasteiger partial charge on any atom is -0.480 e. The second-order valence-corrected chi connectivity index (χ2v) is 3.97. The molecule has 0 fully saturated rings. The molecule has 0 aliphatic rings. The van der Waals surface area contributed by atoms with E-state index in [1.807, 2.05) is 0 Å². The molecule has 5 heteroatoms. The molecule has 0 aliphatic carbocycles. The van der Waals surface area contributed by atoms with Crippen LogP contribution in [0.5, 0.6) is 0 Å². The summed E-state index contributed by atoms with van der Waals surface area (Å²) >= 11 is 5.71. The van der Waals surface area contributed by atoms with Gasteiger partial charge in [0.25, 0.3) is 0 Å². The van der Waals surface area contributed by atoms with Gasteiger partial charge in [0.05, 0.1) is 6.10 Å². The maximum Gasteiger partial charge on any atom is 0.320 e. The Balaban J connectivity index is 2.49. The summed E-state index contributed by atoms with van der Waals surface area (Å²) in [6.07, 6.45) is -0.737. The molecule has 0 saturated heterocycles. The zero-order valence-electron chi connectivity index (χ0n) is 8.85. The first-order valence-corrected chi connectivity index (χ1v) is 5.28. The van der Waals surface area contributed by atoms with Crippen LogP contribution in [-0.4, -0.2) is 28.8 Å². The molecule has 3 N–H and O–H groups in total. The number of aliphatic carboxylic acids is 1. The van der Waals surface area contributed by atoms with Gasteiger partial charge in [-0.05, 0) is 24.6 Å². The van der Waals surface area contributed by atoms with Gasteiger partial charge in [0.15, 0.2) is 0 Å². The van der Waals surface area contributed by atoms with Crippen LogP contribution in [0.1, 0.15) is 18.6 Å². The Hall–Kier alpha value is -1.10. The van der Waals surface area contributed by atoms with Gasteiger partial charge < -0.3 is 15.5 Å². The number of carboxylic acid groups (broad SMARTS) is 1. The number of carbonyl (C=O) groups is 1. The highest BCUT2D eigenvalue weighted by Crippen LogP contribution is 2.15. The average molecular weight is 244 g/mol. The van der Waals surface area contributed by atoms with Gasteiger partial charge in [-0.2, -0.15) is 0 Å². The van der Waals surface area contributed by atoms with E-state index in [9.17, 15) is 9.90 Å². The topological polar surface area (TPSA) is 69.6 Å². The van der Waals surface area contributed by atoms with Crippen molar-refractivity contribution in [2.24, 2.45) is 0 Å². The van der Waals surface area contributed by atoms with Crippen LogP contribution in [0.4, 0.5) is 0 Å². The smallest absolute Gasteiger partial charge is 0.320 e. The zero-order valence-corrected chi connectivity index (χ0v) is 9.61. The van der Waals surface area contributed by atoms with Crippen LogP contribution < -0.4 is 5.32 Å². The second kappa shape index (κ2) is 5.84. The lowest BCUT2D eigenvalue weighted by Crippen LogP contribution is -2.36. The van der Waals surface area contributed by atoms with Gasteiger partial charge >= 0.3 is 5.97 Å². The van der Waals surface area contributed by atoms with Crippen molar-refractivity contribution in [3.05, 3.63) is 34.9 Å². The van der Waals surface area contributed by atoms with Crippen molar-refractivity contribution in [1.82, 2.24) is 5.32 Å². The molecule has 0 spiro atoms. The average Bonchev–Trinajstić information content (AvgIpc) is 2.26. The highest BCUT2D eigenvalue weighted by Gasteiger charge is 2.13. The number of carboxylic acids is 1. The number of benzene rings is 1. The Morgan fingerprint density at radius 3 is 2.50 bits per heavy atom. The fourth-order valence-corrected chi connectivity index (χ4v) is 1.30. The molecule has 0 saturated carbocycles. The first-order valence-electron chi connectivity index (χ1n) is 4.90. The molecule has 0 heterocycles. The fraction of sp³-hybridized carbons (Fsp3) is 0.364. The minimum atomic E-state index is -0.941. The summed E-state index contributed by atoms with van der Waals surface area (Å²) in [4.78, 5) is 10.5. The van der Waals surface area contributed by atoms with Crippen LogP contribution in [0.3, 0.4) is 0 Å². The first-order chi connectivity index (χ1) is 7.50. The lowest BCUT2D eigenvalue weighted by atomic mass is 10.1. The summed E-state index contributed by atoms with van der Waals surface area (Å²) in [6.45, 7) is 1.71. The van der Waals surface area contributed by atoms with Crippen LogP contribution in [0.2, 0.25) is 5.02 Å². The van der Waals surface area contributed by atoms with Crippen LogP contribution >= 0.6 is 11.6 Å². The van der Waals surface area contributed by atoms with E-state index >= 15 is 0 Å². The maximum absolute atomic E-state index is 10.5. The fourth-order valence-electron chi connectivity index (χ4n) is 1.18. The summed E-state index contributed by atoms with van der Waals surface area (Å²) in [5.41, 5.74) is 0.703. The van der Waals surface area contributed by atoms with Crippen molar-refractivity contribution in [3.63, 3.8) is 0 Å². The highest BCUT2D eigenvalue weighted by molar-refractivity contribution is 6.30. The van der Waals surface area contributed by atoms with Crippen molar-refractivity contribution in [1.29, 1.82) is 0 Å². The minimum absolute atomic E-state index is 0.190. The van der Waals surface area contributed by atoms with E-state index < -0.39 is 18.1 Å². The summed E-state index contributed by atoms with van der Waals surface area (Å²) in [7, 11) is 0. The lowest BCUT2D eigenvalue weighted by molar-refractivity contribution is -0.139. The molecule has 1 aromatic rings. The maximum atomic E-state index is 10.5. The van der Waals surface area contributed by atoms with E-state index in [1.54, 1.807) is 24.3 Å². The zero-order chi connectivity index (χ0) is 12.1. The van der Waals surface area contributed by atoms with Crippen LogP contribution in [0.15, 0.2) is 24.3 Å². The molecule has 88 valence electrons. The van der Waals surface area contributed by atoms with E-state index in [0.29, 0.717) is 10.6 Å². The molecule has 0 bridgehead atoms. The molecule has 1 aromatic carbocycles. The summed E-state index contributed by atoms with van der Waals surface area (Å²) in [5.74, 6) is -0.941. The molecule has 16 heavy (non-hydrogen) atoms. The molecular weight excluding hydrogens is 230 g/mol. The molecule has 0 radical (unpaired) electrons. The second-order valence-electron chi connectivity index (χ2n) is 3.54. The summed E-state index contributed by atoms with van der Waals surface area (Å²) < 4.78 is 0. The van der Waals surface area contributed by atoms with E-state index in [1.165, 1.54) is 6.92 Å². The van der Waals surface area contributed by atoms with Crippen molar-refractivity contribution in [3.8, 4) is 0 Å². The number of nitrogens with one attached hydrogen (secondary N) is 1. The van der Waals surface area contributed by atoms with Gasteiger partial charge in [-0.25, -0.2) is 0 Å². The Kier molecular flexibility index (Phi) is 4.73. The Morgan fingerprint density at radius 2 is 2.00 bits per heavy atom. The Labute approximate surface area is 98.9 Å². The number of aliphatic hydroxyl groups excluding tert-OH is 1. The SMILES string of the molecule is CC(NCC(O)c1ccc(Cl)cc1)C(=O)O. The largest absolute Gasteiger partial charge is 0.480 e. The number of rotatable bonds is 5. The monoisotopic (exact) mass is 243 g/mol. The van der Waals surface area contributed by atoms with Gasteiger partial charge in [0.1, 0.15) is 6.04 Å². The third kappa shape index (κ3) is 3.81. The van der Waals surface area contributed by atoms with Gasteiger partial charge in [-0.15, -0.1) is 0 Å². The number of hydrogen-bond donors (Lipinski definition) is 3. The molecule has 1 rings (SSSR count). The van der Waals surface area contributed by atoms with Crippen LogP contribution in [0, 0.1) is 0 Å². The predicted octanol–water partition coefficient (Wildman–Crippen LogP) is 1.44.